The molecule has 1 fully saturated rings. The second-order valence-electron chi connectivity index (χ2n) is 4.70. The minimum Gasteiger partial charge on any atom is -0.483 e. The third-order valence-electron chi connectivity index (χ3n) is 3.17. The van der Waals surface area contributed by atoms with Crippen molar-refractivity contribution >= 4 is 11.8 Å². The van der Waals surface area contributed by atoms with E-state index in [0.29, 0.717) is 12.3 Å². The molecule has 1 aromatic carbocycles. The van der Waals surface area contributed by atoms with Crippen molar-refractivity contribution in [3.8, 4) is 5.75 Å². The summed E-state index contributed by atoms with van der Waals surface area (Å²) >= 11 is 0. The molecule has 0 aromatic heterocycles. The van der Waals surface area contributed by atoms with Crippen LogP contribution in [0.5, 0.6) is 5.75 Å². The van der Waals surface area contributed by atoms with Gasteiger partial charge in [-0.15, -0.1) is 0 Å². The van der Waals surface area contributed by atoms with Crippen molar-refractivity contribution in [3.05, 3.63) is 29.8 Å². The fraction of sp³-hybridized carbons (Fsp3) is 0.429. The Morgan fingerprint density at radius 1 is 1.38 bits per heavy atom. The fourth-order valence-corrected chi connectivity index (χ4v) is 2.09. The van der Waals surface area contributed by atoms with E-state index >= 15 is 0 Å². The van der Waals surface area contributed by atoms with Crippen molar-refractivity contribution in [2.45, 2.75) is 18.9 Å². The maximum Gasteiger partial charge on any atom is 0.268 e. The van der Waals surface area contributed by atoms with Gasteiger partial charge in [-0.1, -0.05) is 12.1 Å². The number of nitrogens with two attached hydrogens (primary N) is 1. The standard InChI is InChI=1S/C14H19N3O4/c15-17-14(19)11-5-1-2-6-12(11)21-9-13(18)16-8-10-4-3-7-20-10/h1-2,5-6,10H,3-4,7-9,15H2,(H,16,18)(H,17,19). The Morgan fingerprint density at radius 2 is 2.19 bits per heavy atom. The fourth-order valence-electron chi connectivity index (χ4n) is 2.09. The smallest absolute Gasteiger partial charge is 0.268 e. The summed E-state index contributed by atoms with van der Waals surface area (Å²) in [5.41, 5.74) is 2.32. The van der Waals surface area contributed by atoms with Gasteiger partial charge >= 0.3 is 0 Å². The van der Waals surface area contributed by atoms with E-state index in [0.717, 1.165) is 19.4 Å². The number of hydrazine groups is 1. The molecule has 2 amide bonds. The minimum atomic E-state index is -0.467. The zero-order valence-electron chi connectivity index (χ0n) is 11.6. The average Bonchev–Trinajstić information content (AvgIpc) is 3.04. The van der Waals surface area contributed by atoms with E-state index in [1.807, 2.05) is 5.43 Å². The molecular weight excluding hydrogens is 274 g/mol. The molecule has 1 atom stereocenters. The van der Waals surface area contributed by atoms with Gasteiger partial charge in [0.1, 0.15) is 5.75 Å². The number of nitrogen functional groups attached to an aromatic ring is 1. The molecule has 7 nitrogen and oxygen atoms in total. The molecule has 0 radical (unpaired) electrons. The number of hydrogen-bond acceptors (Lipinski definition) is 5. The number of amides is 2. The third kappa shape index (κ3) is 4.44. The van der Waals surface area contributed by atoms with Crippen LogP contribution in [0.2, 0.25) is 0 Å². The quantitative estimate of drug-likeness (QED) is 0.388. The van der Waals surface area contributed by atoms with Crippen LogP contribution >= 0.6 is 0 Å². The first kappa shape index (κ1) is 15.3. The van der Waals surface area contributed by atoms with E-state index < -0.39 is 5.91 Å². The van der Waals surface area contributed by atoms with Crippen molar-refractivity contribution in [1.82, 2.24) is 10.7 Å². The maximum atomic E-state index is 11.7. The van der Waals surface area contributed by atoms with E-state index in [2.05, 4.69) is 5.32 Å². The van der Waals surface area contributed by atoms with E-state index in [9.17, 15) is 9.59 Å². The first-order valence-electron chi connectivity index (χ1n) is 6.82. The zero-order chi connectivity index (χ0) is 15.1. The highest BCUT2D eigenvalue weighted by Crippen LogP contribution is 2.17. The monoisotopic (exact) mass is 293 g/mol. The minimum absolute atomic E-state index is 0.0873. The Balaban J connectivity index is 1.82. The topological polar surface area (TPSA) is 103 Å². The lowest BCUT2D eigenvalue weighted by Gasteiger charge is -2.12. The van der Waals surface area contributed by atoms with E-state index in [4.69, 9.17) is 15.3 Å². The lowest BCUT2D eigenvalue weighted by molar-refractivity contribution is -0.123. The summed E-state index contributed by atoms with van der Waals surface area (Å²) in [5, 5.41) is 2.74. The Morgan fingerprint density at radius 3 is 2.90 bits per heavy atom. The molecule has 0 aliphatic carbocycles. The molecule has 0 bridgehead atoms. The van der Waals surface area contributed by atoms with Crippen molar-refractivity contribution in [1.29, 1.82) is 0 Å². The van der Waals surface area contributed by atoms with Gasteiger partial charge in [-0.2, -0.15) is 0 Å². The first-order chi connectivity index (χ1) is 10.2. The van der Waals surface area contributed by atoms with Gasteiger partial charge in [0, 0.05) is 13.2 Å². The molecule has 1 saturated heterocycles. The second-order valence-corrected chi connectivity index (χ2v) is 4.70. The second kappa shape index (κ2) is 7.61. The van der Waals surface area contributed by atoms with Crippen LogP contribution in [0.15, 0.2) is 24.3 Å². The molecule has 1 heterocycles. The summed E-state index contributed by atoms with van der Waals surface area (Å²) in [4.78, 5) is 23.3. The van der Waals surface area contributed by atoms with Crippen LogP contribution in [-0.2, 0) is 9.53 Å². The Labute approximate surface area is 122 Å². The molecule has 0 saturated carbocycles. The normalized spacial score (nSPS) is 17.3. The largest absolute Gasteiger partial charge is 0.483 e. The van der Waals surface area contributed by atoms with Crippen molar-refractivity contribution in [3.63, 3.8) is 0 Å². The Bertz CT molecular complexity index is 501. The van der Waals surface area contributed by atoms with Crippen LogP contribution in [0.1, 0.15) is 23.2 Å². The summed E-state index contributed by atoms with van der Waals surface area (Å²) in [6.45, 7) is 1.06. The summed E-state index contributed by atoms with van der Waals surface area (Å²) in [5.74, 6) is 4.69. The van der Waals surface area contributed by atoms with E-state index in [-0.39, 0.29) is 24.2 Å². The highest BCUT2D eigenvalue weighted by Gasteiger charge is 2.17. The number of para-hydroxylation sites is 1. The summed E-state index contributed by atoms with van der Waals surface area (Å²) in [6.07, 6.45) is 2.07. The Hall–Kier alpha value is -2.12. The van der Waals surface area contributed by atoms with Crippen LogP contribution < -0.4 is 21.3 Å². The van der Waals surface area contributed by atoms with Gasteiger partial charge in [0.25, 0.3) is 11.8 Å². The van der Waals surface area contributed by atoms with E-state index in [1.54, 1.807) is 24.3 Å². The van der Waals surface area contributed by atoms with Gasteiger partial charge in [0.05, 0.1) is 11.7 Å². The predicted molar refractivity (Wildman–Crippen MR) is 75.6 cm³/mol. The zero-order valence-corrected chi connectivity index (χ0v) is 11.6. The molecule has 114 valence electrons. The van der Waals surface area contributed by atoms with Gasteiger partial charge in [-0.3, -0.25) is 15.0 Å². The molecule has 1 unspecified atom stereocenters. The number of rotatable bonds is 6. The van der Waals surface area contributed by atoms with Gasteiger partial charge in [0.2, 0.25) is 0 Å². The SMILES string of the molecule is NNC(=O)c1ccccc1OCC(=O)NCC1CCCO1. The van der Waals surface area contributed by atoms with Gasteiger partial charge < -0.3 is 14.8 Å². The molecule has 1 aromatic rings. The predicted octanol–water partition coefficient (Wildman–Crippen LogP) is -0.0359. The molecule has 1 aliphatic heterocycles. The molecule has 21 heavy (non-hydrogen) atoms. The summed E-state index contributed by atoms with van der Waals surface area (Å²) < 4.78 is 10.8. The molecule has 2 rings (SSSR count). The molecule has 0 spiro atoms. The van der Waals surface area contributed by atoms with Crippen molar-refractivity contribution in [2.24, 2.45) is 5.84 Å². The number of carbonyl (C=O) groups excluding carboxylic acids is 2. The van der Waals surface area contributed by atoms with Crippen LogP contribution in [0.3, 0.4) is 0 Å². The summed E-state index contributed by atoms with van der Waals surface area (Å²) in [6, 6.07) is 6.58. The molecular formula is C14H19N3O4. The number of hydrogen-bond donors (Lipinski definition) is 3. The van der Waals surface area contributed by atoms with Crippen LogP contribution in [-0.4, -0.2) is 37.7 Å². The first-order valence-corrected chi connectivity index (χ1v) is 6.82. The van der Waals surface area contributed by atoms with E-state index in [1.165, 1.54) is 0 Å². The van der Waals surface area contributed by atoms with Crippen molar-refractivity contribution in [2.75, 3.05) is 19.8 Å². The van der Waals surface area contributed by atoms with Gasteiger partial charge in [0.15, 0.2) is 6.61 Å². The van der Waals surface area contributed by atoms with Crippen LogP contribution in [0.25, 0.3) is 0 Å². The van der Waals surface area contributed by atoms with Crippen LogP contribution in [0.4, 0.5) is 0 Å². The van der Waals surface area contributed by atoms with Crippen LogP contribution in [0, 0.1) is 0 Å². The summed E-state index contributed by atoms with van der Waals surface area (Å²) in [7, 11) is 0. The number of benzene rings is 1. The lowest BCUT2D eigenvalue weighted by atomic mass is 10.2. The molecule has 7 heteroatoms. The van der Waals surface area contributed by atoms with Gasteiger partial charge in [-0.05, 0) is 25.0 Å². The number of nitrogens with one attached hydrogen (secondary N) is 2. The third-order valence-corrected chi connectivity index (χ3v) is 3.17. The lowest BCUT2D eigenvalue weighted by Crippen LogP contribution is -2.35. The average molecular weight is 293 g/mol. The molecule has 1 aliphatic rings. The maximum absolute atomic E-state index is 11.7. The highest BCUT2D eigenvalue weighted by molar-refractivity contribution is 5.96. The van der Waals surface area contributed by atoms with Gasteiger partial charge in [-0.25, -0.2) is 5.84 Å². The number of ether oxygens (including phenoxy) is 2. The van der Waals surface area contributed by atoms with Crippen molar-refractivity contribution < 1.29 is 19.1 Å². The Kier molecular flexibility index (Phi) is 5.53. The molecule has 4 N–H and O–H groups in total. The highest BCUT2D eigenvalue weighted by atomic mass is 16.5. The number of carbonyl (C=O) groups is 2.